The summed E-state index contributed by atoms with van der Waals surface area (Å²) in [7, 11) is 0. The van der Waals surface area contributed by atoms with Gasteiger partial charge in [0.1, 0.15) is 5.69 Å². The molecule has 4 heteroatoms. The van der Waals surface area contributed by atoms with Crippen LogP contribution < -0.4 is 0 Å². The Labute approximate surface area is 110 Å². The number of nitrogens with zero attached hydrogens (tertiary/aromatic N) is 1. The topological polar surface area (TPSA) is 50.2 Å². The van der Waals surface area contributed by atoms with Crippen LogP contribution in [0.3, 0.4) is 0 Å². The van der Waals surface area contributed by atoms with E-state index in [4.69, 9.17) is 16.7 Å². The third kappa shape index (κ3) is 2.31. The number of carboxylic acids is 1. The number of hydrogen-bond donors (Lipinski definition) is 1. The van der Waals surface area contributed by atoms with E-state index >= 15 is 0 Å². The fourth-order valence-electron chi connectivity index (χ4n) is 1.76. The summed E-state index contributed by atoms with van der Waals surface area (Å²) in [4.78, 5) is 15.0. The molecule has 18 heavy (non-hydrogen) atoms. The van der Waals surface area contributed by atoms with Gasteiger partial charge < -0.3 is 5.11 Å². The molecule has 0 radical (unpaired) electrons. The van der Waals surface area contributed by atoms with Crippen LogP contribution in [0.15, 0.2) is 24.3 Å². The maximum Gasteiger partial charge on any atom is 0.354 e. The zero-order valence-electron chi connectivity index (χ0n) is 10.5. The lowest BCUT2D eigenvalue weighted by Gasteiger charge is -2.19. The summed E-state index contributed by atoms with van der Waals surface area (Å²) >= 11 is 6.12. The molecule has 94 valence electrons. The molecule has 0 atom stereocenters. The molecule has 1 N–H and O–H groups in total. The molecular weight excluding hydrogens is 250 g/mol. The monoisotopic (exact) mass is 263 g/mol. The molecule has 0 aliphatic rings. The number of hydrogen-bond acceptors (Lipinski definition) is 2. The van der Waals surface area contributed by atoms with Gasteiger partial charge in [-0.2, -0.15) is 0 Å². The van der Waals surface area contributed by atoms with Crippen LogP contribution in [-0.4, -0.2) is 16.1 Å². The van der Waals surface area contributed by atoms with Gasteiger partial charge in [-0.1, -0.05) is 38.4 Å². The minimum Gasteiger partial charge on any atom is -0.477 e. The van der Waals surface area contributed by atoms with Gasteiger partial charge in [0.25, 0.3) is 0 Å². The summed E-state index contributed by atoms with van der Waals surface area (Å²) in [6.07, 6.45) is 0. The van der Waals surface area contributed by atoms with Crippen molar-refractivity contribution >= 4 is 28.5 Å². The Hall–Kier alpha value is -1.61. The van der Waals surface area contributed by atoms with Crippen LogP contribution in [0.4, 0.5) is 0 Å². The minimum atomic E-state index is -1.07. The lowest BCUT2D eigenvalue weighted by Crippen LogP contribution is -2.11. The van der Waals surface area contributed by atoms with E-state index in [2.05, 4.69) is 25.8 Å². The number of carboxylic acid groups (broad SMARTS) is 1. The van der Waals surface area contributed by atoms with Crippen molar-refractivity contribution in [2.75, 3.05) is 0 Å². The van der Waals surface area contributed by atoms with Crippen molar-refractivity contribution in [2.45, 2.75) is 26.2 Å². The quantitative estimate of drug-likeness (QED) is 0.849. The van der Waals surface area contributed by atoms with Gasteiger partial charge in [0.05, 0.1) is 10.5 Å². The van der Waals surface area contributed by atoms with E-state index in [1.54, 1.807) is 0 Å². The molecule has 2 aromatic rings. The molecular formula is C14H14ClNO2. The van der Waals surface area contributed by atoms with Crippen molar-refractivity contribution < 1.29 is 9.90 Å². The highest BCUT2D eigenvalue weighted by atomic mass is 35.5. The van der Waals surface area contributed by atoms with Crippen molar-refractivity contribution in [3.05, 3.63) is 40.5 Å². The highest BCUT2D eigenvalue weighted by Gasteiger charge is 2.16. The summed E-state index contributed by atoms with van der Waals surface area (Å²) in [5.74, 6) is -1.07. The van der Waals surface area contributed by atoms with Crippen LogP contribution in [0.2, 0.25) is 5.02 Å². The molecule has 0 unspecified atom stereocenters. The highest BCUT2D eigenvalue weighted by Crippen LogP contribution is 2.29. The second kappa shape index (κ2) is 4.25. The molecule has 0 spiro atoms. The molecule has 1 aromatic carbocycles. The summed E-state index contributed by atoms with van der Waals surface area (Å²) < 4.78 is 0. The molecule has 3 nitrogen and oxygen atoms in total. The smallest absolute Gasteiger partial charge is 0.354 e. The predicted molar refractivity (Wildman–Crippen MR) is 72.4 cm³/mol. The van der Waals surface area contributed by atoms with Gasteiger partial charge in [0.2, 0.25) is 0 Å². The van der Waals surface area contributed by atoms with E-state index in [0.29, 0.717) is 10.5 Å². The second-order valence-corrected chi connectivity index (χ2v) is 5.68. The third-order valence-electron chi connectivity index (χ3n) is 2.84. The van der Waals surface area contributed by atoms with Gasteiger partial charge in [-0.25, -0.2) is 9.78 Å². The molecule has 0 amide bonds. The summed E-state index contributed by atoms with van der Waals surface area (Å²) in [5.41, 5.74) is 1.73. The predicted octanol–water partition coefficient (Wildman–Crippen LogP) is 3.88. The fourth-order valence-corrected chi connectivity index (χ4v) is 2.02. The lowest BCUT2D eigenvalue weighted by atomic mass is 9.86. The molecule has 1 heterocycles. The van der Waals surface area contributed by atoms with Crippen LogP contribution in [0, 0.1) is 0 Å². The zero-order valence-corrected chi connectivity index (χ0v) is 11.2. The standard InChI is InChI=1S/C14H14ClNO2/c1-14(2,3)8-4-5-11-9(6-8)10(15)7-12(16-11)13(17)18/h4-7H,1-3H3,(H,17,18). The Kier molecular flexibility index (Phi) is 3.03. The largest absolute Gasteiger partial charge is 0.477 e. The number of rotatable bonds is 1. The van der Waals surface area contributed by atoms with Gasteiger partial charge in [-0.15, -0.1) is 0 Å². The summed E-state index contributed by atoms with van der Waals surface area (Å²) in [6, 6.07) is 7.13. The number of benzene rings is 1. The Morgan fingerprint density at radius 2 is 1.94 bits per heavy atom. The van der Waals surface area contributed by atoms with Crippen LogP contribution in [0.25, 0.3) is 10.9 Å². The van der Waals surface area contributed by atoms with Crippen LogP contribution >= 0.6 is 11.6 Å². The van der Waals surface area contributed by atoms with Crippen LogP contribution in [-0.2, 0) is 5.41 Å². The van der Waals surface area contributed by atoms with Crippen molar-refractivity contribution in [3.63, 3.8) is 0 Å². The maximum atomic E-state index is 10.9. The average Bonchev–Trinajstić information content (AvgIpc) is 2.27. The number of halogens is 1. The normalized spacial score (nSPS) is 11.8. The first kappa shape index (κ1) is 12.8. The van der Waals surface area contributed by atoms with Crippen LogP contribution in [0.5, 0.6) is 0 Å². The number of fused-ring (bicyclic) bond motifs is 1. The molecule has 0 saturated heterocycles. The van der Waals surface area contributed by atoms with Crippen molar-refractivity contribution in [1.29, 1.82) is 0 Å². The van der Waals surface area contributed by atoms with E-state index < -0.39 is 5.97 Å². The summed E-state index contributed by atoms with van der Waals surface area (Å²) in [5, 5.41) is 10.1. The molecule has 0 aliphatic heterocycles. The van der Waals surface area contributed by atoms with Crippen molar-refractivity contribution in [1.82, 2.24) is 4.98 Å². The minimum absolute atomic E-state index is 0.0169. The van der Waals surface area contributed by atoms with E-state index in [0.717, 1.165) is 10.9 Å². The van der Waals surface area contributed by atoms with Crippen molar-refractivity contribution in [3.8, 4) is 0 Å². The van der Waals surface area contributed by atoms with E-state index in [1.165, 1.54) is 6.07 Å². The first-order valence-electron chi connectivity index (χ1n) is 5.63. The average molecular weight is 264 g/mol. The molecule has 1 aromatic heterocycles. The number of aromatic carboxylic acids is 1. The van der Waals surface area contributed by atoms with Gasteiger partial charge in [-0.3, -0.25) is 0 Å². The Morgan fingerprint density at radius 3 is 2.50 bits per heavy atom. The molecule has 2 rings (SSSR count). The SMILES string of the molecule is CC(C)(C)c1ccc2nc(C(=O)O)cc(Cl)c2c1. The highest BCUT2D eigenvalue weighted by molar-refractivity contribution is 6.35. The molecule has 0 fully saturated rings. The zero-order chi connectivity index (χ0) is 13.5. The van der Waals surface area contributed by atoms with Gasteiger partial charge in [0, 0.05) is 5.39 Å². The fraction of sp³-hybridized carbons (Fsp3) is 0.286. The number of carbonyl (C=O) groups is 1. The molecule has 0 saturated carbocycles. The third-order valence-corrected chi connectivity index (χ3v) is 3.16. The lowest BCUT2D eigenvalue weighted by molar-refractivity contribution is 0.0691. The van der Waals surface area contributed by atoms with E-state index in [1.807, 2.05) is 18.2 Å². The molecule has 0 aliphatic carbocycles. The Morgan fingerprint density at radius 1 is 1.28 bits per heavy atom. The number of aromatic nitrogens is 1. The Balaban J connectivity index is 2.69. The van der Waals surface area contributed by atoms with Crippen molar-refractivity contribution in [2.24, 2.45) is 0 Å². The van der Waals surface area contributed by atoms with Crippen LogP contribution in [0.1, 0.15) is 36.8 Å². The first-order chi connectivity index (χ1) is 8.29. The second-order valence-electron chi connectivity index (χ2n) is 5.28. The molecule has 0 bridgehead atoms. The van der Waals surface area contributed by atoms with Gasteiger partial charge in [-0.05, 0) is 29.2 Å². The maximum absolute atomic E-state index is 10.9. The summed E-state index contributed by atoms with van der Waals surface area (Å²) in [6.45, 7) is 6.34. The first-order valence-corrected chi connectivity index (χ1v) is 6.01. The number of pyridine rings is 1. The van der Waals surface area contributed by atoms with E-state index in [-0.39, 0.29) is 11.1 Å². The Bertz CT molecular complexity index is 629. The van der Waals surface area contributed by atoms with Gasteiger partial charge in [0.15, 0.2) is 0 Å². The van der Waals surface area contributed by atoms with E-state index in [9.17, 15) is 4.79 Å². The van der Waals surface area contributed by atoms with Gasteiger partial charge >= 0.3 is 5.97 Å².